The summed E-state index contributed by atoms with van der Waals surface area (Å²) in [7, 11) is 0. The van der Waals surface area contributed by atoms with Gasteiger partial charge in [0.05, 0.1) is 5.56 Å². The molecule has 0 saturated heterocycles. The summed E-state index contributed by atoms with van der Waals surface area (Å²) in [6.07, 6.45) is -5.05. The number of rotatable bonds is 2. The Morgan fingerprint density at radius 2 is 1.76 bits per heavy atom. The molecule has 2 N–H and O–H groups in total. The van der Waals surface area contributed by atoms with E-state index in [1.54, 1.807) is 13.8 Å². The number of carbonyl (C=O) groups excluding carboxylic acids is 1. The fourth-order valence-corrected chi connectivity index (χ4v) is 1.50. The number of hydrogen-bond acceptors (Lipinski definition) is 3. The quantitative estimate of drug-likeness (QED) is 0.791. The minimum absolute atomic E-state index is 0.0694. The van der Waals surface area contributed by atoms with Crippen LogP contribution in [0.5, 0.6) is 11.5 Å². The Balaban J connectivity index is 3.39. The third-order valence-corrected chi connectivity index (χ3v) is 2.27. The Bertz CT molecular complexity index is 450. The summed E-state index contributed by atoms with van der Waals surface area (Å²) in [5, 5.41) is 19.0. The van der Waals surface area contributed by atoms with Crippen molar-refractivity contribution in [2.75, 3.05) is 0 Å². The first kappa shape index (κ1) is 13.3. The maximum absolute atomic E-state index is 12.2. The molecule has 1 aromatic rings. The number of benzene rings is 1. The molecule has 3 nitrogen and oxygen atoms in total. The second kappa shape index (κ2) is 4.27. The number of alkyl halides is 3. The smallest absolute Gasteiger partial charge is 0.455 e. The van der Waals surface area contributed by atoms with Crippen molar-refractivity contribution >= 4 is 5.78 Å². The van der Waals surface area contributed by atoms with Crippen LogP contribution in [0.25, 0.3) is 0 Å². The van der Waals surface area contributed by atoms with Gasteiger partial charge in [-0.2, -0.15) is 13.2 Å². The van der Waals surface area contributed by atoms with Gasteiger partial charge in [0.1, 0.15) is 11.5 Å². The molecule has 0 aliphatic carbocycles. The van der Waals surface area contributed by atoms with E-state index in [0.29, 0.717) is 0 Å². The number of aromatic hydroxyl groups is 2. The van der Waals surface area contributed by atoms with Gasteiger partial charge in [-0.25, -0.2) is 0 Å². The molecular weight excluding hydrogens is 237 g/mol. The fourth-order valence-electron chi connectivity index (χ4n) is 1.50. The predicted molar refractivity (Wildman–Crippen MR) is 54.2 cm³/mol. The van der Waals surface area contributed by atoms with Crippen LogP contribution in [0.3, 0.4) is 0 Å². The third-order valence-electron chi connectivity index (χ3n) is 2.27. The maximum atomic E-state index is 12.2. The highest BCUT2D eigenvalue weighted by atomic mass is 19.4. The zero-order chi connectivity index (χ0) is 13.4. The van der Waals surface area contributed by atoms with Crippen LogP contribution >= 0.6 is 0 Å². The van der Waals surface area contributed by atoms with Crippen LogP contribution < -0.4 is 0 Å². The molecule has 0 amide bonds. The Hall–Kier alpha value is -1.72. The van der Waals surface area contributed by atoms with Crippen LogP contribution in [-0.2, 0) is 0 Å². The number of halogens is 3. The molecule has 0 saturated carbocycles. The third kappa shape index (κ3) is 2.51. The lowest BCUT2D eigenvalue weighted by Gasteiger charge is -2.14. The van der Waals surface area contributed by atoms with E-state index >= 15 is 0 Å². The van der Waals surface area contributed by atoms with Crippen molar-refractivity contribution in [3.63, 3.8) is 0 Å². The molecule has 94 valence electrons. The maximum Gasteiger partial charge on any atom is 0.455 e. The minimum atomic E-state index is -5.05. The van der Waals surface area contributed by atoms with E-state index in [2.05, 4.69) is 0 Å². The van der Waals surface area contributed by atoms with Crippen molar-refractivity contribution in [1.29, 1.82) is 0 Å². The van der Waals surface area contributed by atoms with Gasteiger partial charge in [0.25, 0.3) is 5.78 Å². The Kier molecular flexibility index (Phi) is 3.35. The molecule has 0 aliphatic rings. The van der Waals surface area contributed by atoms with Crippen LogP contribution in [0.2, 0.25) is 0 Å². The largest absolute Gasteiger partial charge is 0.508 e. The summed E-state index contributed by atoms with van der Waals surface area (Å²) in [6, 6.07) is 1.72. The molecule has 0 bridgehead atoms. The van der Waals surface area contributed by atoms with Crippen molar-refractivity contribution < 1.29 is 28.2 Å². The summed E-state index contributed by atoms with van der Waals surface area (Å²) < 4.78 is 36.7. The molecular formula is C11H11F3O3. The van der Waals surface area contributed by atoms with E-state index in [-0.39, 0.29) is 11.3 Å². The number of Topliss-reactive ketones (excluding diaryl/α,β-unsaturated/α-hetero) is 1. The average Bonchev–Trinajstić information content (AvgIpc) is 2.15. The Labute approximate surface area is 95.5 Å². The van der Waals surface area contributed by atoms with Crippen LogP contribution in [0.4, 0.5) is 13.2 Å². The Morgan fingerprint density at radius 3 is 2.18 bits per heavy atom. The molecule has 0 unspecified atom stereocenters. The highest BCUT2D eigenvalue weighted by Crippen LogP contribution is 2.38. The van der Waals surface area contributed by atoms with Gasteiger partial charge in [0, 0.05) is 5.56 Å². The van der Waals surface area contributed by atoms with Gasteiger partial charge in [0.15, 0.2) is 0 Å². The monoisotopic (exact) mass is 248 g/mol. The summed E-state index contributed by atoms with van der Waals surface area (Å²) in [5.41, 5.74) is -0.917. The van der Waals surface area contributed by atoms with Crippen molar-refractivity contribution in [2.45, 2.75) is 25.9 Å². The lowest BCUT2D eigenvalue weighted by molar-refractivity contribution is -0.0886. The van der Waals surface area contributed by atoms with Gasteiger partial charge in [-0.05, 0) is 18.1 Å². The SMILES string of the molecule is CC(C)c1c(O)ccc(C(=O)C(F)(F)F)c1O. The van der Waals surface area contributed by atoms with E-state index in [1.165, 1.54) is 0 Å². The average molecular weight is 248 g/mol. The standard InChI is InChI=1S/C11H11F3O3/c1-5(2)8-7(15)4-3-6(9(8)16)10(17)11(12,13)14/h3-5,15-16H,1-2H3. The number of phenols is 2. The Morgan fingerprint density at radius 1 is 1.24 bits per heavy atom. The lowest BCUT2D eigenvalue weighted by Crippen LogP contribution is -2.23. The lowest BCUT2D eigenvalue weighted by atomic mass is 9.96. The number of carbonyl (C=O) groups is 1. The van der Waals surface area contributed by atoms with Gasteiger partial charge in [0.2, 0.25) is 0 Å². The van der Waals surface area contributed by atoms with Gasteiger partial charge >= 0.3 is 6.18 Å². The molecule has 1 aromatic carbocycles. The van der Waals surface area contributed by atoms with Crippen molar-refractivity contribution in [1.82, 2.24) is 0 Å². The number of ketones is 1. The van der Waals surface area contributed by atoms with E-state index < -0.39 is 29.2 Å². The van der Waals surface area contributed by atoms with Gasteiger partial charge in [-0.3, -0.25) is 4.79 Å². The number of phenolic OH excluding ortho intramolecular Hbond substituents is 2. The fraction of sp³-hybridized carbons (Fsp3) is 0.364. The molecule has 1 rings (SSSR count). The highest BCUT2D eigenvalue weighted by molar-refractivity contribution is 6.03. The summed E-state index contributed by atoms with van der Waals surface area (Å²) in [6.45, 7) is 3.16. The van der Waals surface area contributed by atoms with Crippen LogP contribution in [0, 0.1) is 0 Å². The first-order chi connectivity index (χ1) is 7.66. The molecule has 0 spiro atoms. The van der Waals surface area contributed by atoms with Crippen molar-refractivity contribution in [2.24, 2.45) is 0 Å². The van der Waals surface area contributed by atoms with Gasteiger partial charge in [-0.1, -0.05) is 13.8 Å². The van der Waals surface area contributed by atoms with E-state index in [1.807, 2.05) is 0 Å². The second-order valence-electron chi connectivity index (χ2n) is 3.88. The summed E-state index contributed by atoms with van der Waals surface area (Å²) >= 11 is 0. The normalized spacial score (nSPS) is 11.9. The molecule has 0 atom stereocenters. The van der Waals surface area contributed by atoms with Gasteiger partial charge < -0.3 is 10.2 Å². The van der Waals surface area contributed by atoms with Gasteiger partial charge in [-0.15, -0.1) is 0 Å². The summed E-state index contributed by atoms with van der Waals surface area (Å²) in [5.74, 6) is -3.69. The van der Waals surface area contributed by atoms with Crippen LogP contribution in [-0.4, -0.2) is 22.2 Å². The molecule has 6 heteroatoms. The molecule has 17 heavy (non-hydrogen) atoms. The van der Waals surface area contributed by atoms with Crippen LogP contribution in [0.1, 0.15) is 35.7 Å². The minimum Gasteiger partial charge on any atom is -0.508 e. The molecule has 0 aromatic heterocycles. The zero-order valence-electron chi connectivity index (χ0n) is 9.17. The zero-order valence-corrected chi connectivity index (χ0v) is 9.17. The van der Waals surface area contributed by atoms with Crippen molar-refractivity contribution in [3.05, 3.63) is 23.3 Å². The van der Waals surface area contributed by atoms with Crippen LogP contribution in [0.15, 0.2) is 12.1 Å². The number of hydrogen-bond donors (Lipinski definition) is 2. The second-order valence-corrected chi connectivity index (χ2v) is 3.88. The van der Waals surface area contributed by atoms with E-state index in [0.717, 1.165) is 12.1 Å². The van der Waals surface area contributed by atoms with E-state index in [4.69, 9.17) is 0 Å². The van der Waals surface area contributed by atoms with Crippen molar-refractivity contribution in [3.8, 4) is 11.5 Å². The predicted octanol–water partition coefficient (Wildman–Crippen LogP) is 2.97. The summed E-state index contributed by atoms with van der Waals surface area (Å²) in [4.78, 5) is 11.0. The highest BCUT2D eigenvalue weighted by Gasteiger charge is 2.41. The van der Waals surface area contributed by atoms with E-state index in [9.17, 15) is 28.2 Å². The first-order valence-electron chi connectivity index (χ1n) is 4.82. The molecule has 0 aliphatic heterocycles. The molecule has 0 radical (unpaired) electrons. The topological polar surface area (TPSA) is 57.5 Å². The first-order valence-corrected chi connectivity index (χ1v) is 4.82. The molecule has 0 heterocycles. The molecule has 0 fully saturated rings.